The maximum atomic E-state index is 12.8. The highest BCUT2D eigenvalue weighted by Gasteiger charge is 2.30. The summed E-state index contributed by atoms with van der Waals surface area (Å²) in [6.07, 6.45) is 4.36. The minimum Gasteiger partial charge on any atom is -0.310 e. The third-order valence-corrected chi connectivity index (χ3v) is 7.58. The van der Waals surface area contributed by atoms with Crippen LogP contribution in [-0.2, 0) is 16.9 Å². The van der Waals surface area contributed by atoms with Gasteiger partial charge in [-0.05, 0) is 36.2 Å². The predicted molar refractivity (Wildman–Crippen MR) is 118 cm³/mol. The van der Waals surface area contributed by atoms with Crippen LogP contribution in [0.25, 0.3) is 28.5 Å². The number of sulfone groups is 1. The van der Waals surface area contributed by atoms with Gasteiger partial charge in [0.25, 0.3) is 0 Å². The molecule has 0 unspecified atom stereocenters. The lowest BCUT2D eigenvalue weighted by Gasteiger charge is -2.10. The molecule has 174 valence electrons. The summed E-state index contributed by atoms with van der Waals surface area (Å²) in [5.41, 5.74) is -3.96. The molecule has 0 radical (unpaired) electrons. The second-order valence-electron chi connectivity index (χ2n) is 6.65. The molecule has 4 aromatic rings. The Hall–Kier alpha value is -2.65. The predicted octanol–water partition coefficient (Wildman–Crippen LogP) is 3.74. The van der Waals surface area contributed by atoms with Gasteiger partial charge in [-0.1, -0.05) is 18.7 Å². The van der Waals surface area contributed by atoms with E-state index in [1.807, 2.05) is 6.26 Å². The zero-order valence-corrected chi connectivity index (χ0v) is 19.8. The number of rotatable bonds is 6. The number of nitrogens with zero attached hydrogens (tertiary/aromatic N) is 7. The molecular formula is C18H16F3N7O2S3. The Balaban J connectivity index is 1.91. The number of thioether (sulfide) groups is 2. The Labute approximate surface area is 194 Å². The van der Waals surface area contributed by atoms with Crippen molar-refractivity contribution in [2.45, 2.75) is 27.4 Å². The molecule has 9 nitrogen and oxygen atoms in total. The highest BCUT2D eigenvalue weighted by atomic mass is 32.2. The summed E-state index contributed by atoms with van der Waals surface area (Å²) in [4.78, 5) is 16.9. The van der Waals surface area contributed by atoms with Crippen molar-refractivity contribution >= 4 is 44.5 Å². The minimum atomic E-state index is -4.47. The van der Waals surface area contributed by atoms with Gasteiger partial charge in [-0.3, -0.25) is 0 Å². The van der Waals surface area contributed by atoms with E-state index in [-0.39, 0.29) is 50.0 Å². The number of alkyl halides is 3. The topological polar surface area (TPSA) is 108 Å². The standard InChI is InChI=1S/C18H16F3N7O2S3/c1-4-33(29,30)12-5-6-13(28-9-23-17(26-28)31-3)25-14(12)16-24-11-7-10(32-18(19,20)21)8-22-15(11)27(16)2/h5-9H,4H2,1-3H3. The molecule has 0 saturated carbocycles. The summed E-state index contributed by atoms with van der Waals surface area (Å²) in [6, 6.07) is 4.17. The van der Waals surface area contributed by atoms with Gasteiger partial charge < -0.3 is 4.57 Å². The largest absolute Gasteiger partial charge is 0.446 e. The second kappa shape index (κ2) is 8.61. The number of fused-ring (bicyclic) bond motifs is 1. The molecule has 0 aliphatic heterocycles. The summed E-state index contributed by atoms with van der Waals surface area (Å²) in [5, 5.41) is 4.77. The van der Waals surface area contributed by atoms with Gasteiger partial charge in [0.1, 0.15) is 17.5 Å². The molecule has 0 saturated heterocycles. The first-order valence-electron chi connectivity index (χ1n) is 9.31. The van der Waals surface area contributed by atoms with E-state index in [0.29, 0.717) is 11.0 Å². The Bertz CT molecular complexity index is 1450. The molecule has 0 N–H and O–H groups in total. The summed E-state index contributed by atoms with van der Waals surface area (Å²) in [7, 11) is -2.11. The minimum absolute atomic E-state index is 0.0427. The Kier molecular flexibility index (Phi) is 6.13. The molecule has 0 spiro atoms. The van der Waals surface area contributed by atoms with E-state index >= 15 is 0 Å². The summed E-state index contributed by atoms with van der Waals surface area (Å²) < 4.78 is 66.7. The molecule has 15 heteroatoms. The number of imidazole rings is 1. The highest BCUT2D eigenvalue weighted by molar-refractivity contribution is 8.00. The van der Waals surface area contributed by atoms with Gasteiger partial charge in [0, 0.05) is 18.1 Å². The van der Waals surface area contributed by atoms with Crippen molar-refractivity contribution in [3.8, 4) is 17.3 Å². The van der Waals surface area contributed by atoms with Gasteiger partial charge in [0.15, 0.2) is 27.1 Å². The number of aromatic nitrogens is 7. The number of hydrogen-bond donors (Lipinski definition) is 0. The maximum absolute atomic E-state index is 12.8. The van der Waals surface area contributed by atoms with Crippen molar-refractivity contribution in [3.63, 3.8) is 0 Å². The number of aryl methyl sites for hydroxylation is 1. The SMILES string of the molecule is CCS(=O)(=O)c1ccc(-n2cnc(SC)n2)nc1-c1nc2cc(SC(F)(F)F)cnc2n1C. The average Bonchev–Trinajstić information content (AvgIpc) is 3.37. The van der Waals surface area contributed by atoms with Crippen LogP contribution in [0.15, 0.2) is 45.7 Å². The van der Waals surface area contributed by atoms with Gasteiger partial charge >= 0.3 is 5.51 Å². The molecule has 0 aliphatic rings. The van der Waals surface area contributed by atoms with Gasteiger partial charge in [-0.2, -0.15) is 13.2 Å². The third-order valence-electron chi connectivity index (χ3n) is 4.58. The Morgan fingerprint density at radius 2 is 1.91 bits per heavy atom. The Morgan fingerprint density at radius 1 is 1.15 bits per heavy atom. The van der Waals surface area contributed by atoms with Crippen LogP contribution in [0.3, 0.4) is 0 Å². The molecule has 0 fully saturated rings. The van der Waals surface area contributed by atoms with Crippen LogP contribution >= 0.6 is 23.5 Å². The van der Waals surface area contributed by atoms with Crippen LogP contribution in [0.2, 0.25) is 0 Å². The number of hydrogen-bond acceptors (Lipinski definition) is 9. The van der Waals surface area contributed by atoms with Crippen molar-refractivity contribution in [1.29, 1.82) is 0 Å². The number of halogens is 3. The lowest BCUT2D eigenvalue weighted by molar-refractivity contribution is -0.0328. The third kappa shape index (κ3) is 4.70. The lowest BCUT2D eigenvalue weighted by atomic mass is 10.3. The lowest BCUT2D eigenvalue weighted by Crippen LogP contribution is -2.11. The molecule has 33 heavy (non-hydrogen) atoms. The molecule has 4 aromatic heterocycles. The first kappa shape index (κ1) is 23.5. The van der Waals surface area contributed by atoms with E-state index in [9.17, 15) is 21.6 Å². The quantitative estimate of drug-likeness (QED) is 0.355. The first-order valence-corrected chi connectivity index (χ1v) is 13.0. The smallest absolute Gasteiger partial charge is 0.310 e. The zero-order valence-electron chi connectivity index (χ0n) is 17.4. The van der Waals surface area contributed by atoms with E-state index in [1.54, 1.807) is 7.05 Å². The van der Waals surface area contributed by atoms with Crippen molar-refractivity contribution in [2.75, 3.05) is 12.0 Å². The molecule has 4 heterocycles. The normalized spacial score (nSPS) is 12.5. The highest BCUT2D eigenvalue weighted by Crippen LogP contribution is 2.38. The van der Waals surface area contributed by atoms with E-state index in [0.717, 1.165) is 6.20 Å². The van der Waals surface area contributed by atoms with Crippen molar-refractivity contribution in [1.82, 2.24) is 34.3 Å². The number of pyridine rings is 2. The van der Waals surface area contributed by atoms with E-state index in [4.69, 9.17) is 0 Å². The summed E-state index contributed by atoms with van der Waals surface area (Å²) in [5.74, 6) is 0.280. The molecule has 0 bridgehead atoms. The van der Waals surface area contributed by atoms with Gasteiger partial charge in [0.2, 0.25) is 5.16 Å². The van der Waals surface area contributed by atoms with Crippen LogP contribution in [0.1, 0.15) is 6.92 Å². The van der Waals surface area contributed by atoms with Gasteiger partial charge in [-0.15, -0.1) is 5.10 Å². The van der Waals surface area contributed by atoms with Crippen molar-refractivity contribution < 1.29 is 21.6 Å². The van der Waals surface area contributed by atoms with E-state index in [1.165, 1.54) is 52.5 Å². The van der Waals surface area contributed by atoms with E-state index < -0.39 is 15.3 Å². The average molecular weight is 516 g/mol. The fourth-order valence-electron chi connectivity index (χ4n) is 3.04. The molecular weight excluding hydrogens is 499 g/mol. The summed E-state index contributed by atoms with van der Waals surface area (Å²) in [6.45, 7) is 1.51. The van der Waals surface area contributed by atoms with Gasteiger partial charge in [0.05, 0.1) is 10.6 Å². The maximum Gasteiger partial charge on any atom is 0.446 e. The molecule has 0 atom stereocenters. The Morgan fingerprint density at radius 3 is 2.55 bits per heavy atom. The van der Waals surface area contributed by atoms with E-state index in [2.05, 4.69) is 25.0 Å². The zero-order chi connectivity index (χ0) is 24.0. The molecule has 4 rings (SSSR count). The van der Waals surface area contributed by atoms with Crippen molar-refractivity contribution in [2.24, 2.45) is 7.05 Å². The van der Waals surface area contributed by atoms with Crippen LogP contribution in [-0.4, -0.2) is 60.2 Å². The van der Waals surface area contributed by atoms with Crippen LogP contribution in [0, 0.1) is 0 Å². The van der Waals surface area contributed by atoms with Crippen molar-refractivity contribution in [3.05, 3.63) is 30.7 Å². The van der Waals surface area contributed by atoms with Crippen LogP contribution < -0.4 is 0 Å². The first-order chi connectivity index (χ1) is 15.5. The molecule has 0 amide bonds. The molecule has 0 aromatic carbocycles. The molecule has 0 aliphatic carbocycles. The van der Waals surface area contributed by atoms with Crippen LogP contribution in [0.5, 0.6) is 0 Å². The fraction of sp³-hybridized carbons (Fsp3) is 0.278. The summed E-state index contributed by atoms with van der Waals surface area (Å²) >= 11 is 1.03. The fourth-order valence-corrected chi connectivity index (χ4v) is 4.92. The van der Waals surface area contributed by atoms with Crippen LogP contribution in [0.4, 0.5) is 13.2 Å². The second-order valence-corrected chi connectivity index (χ2v) is 10.8. The monoisotopic (exact) mass is 515 g/mol. The van der Waals surface area contributed by atoms with Gasteiger partial charge in [-0.25, -0.2) is 33.0 Å².